The van der Waals surface area contributed by atoms with Crippen molar-refractivity contribution in [3.05, 3.63) is 23.8 Å². The monoisotopic (exact) mass is 257 g/mol. The number of nitrogens with two attached hydrogens (primary N) is 1. The first-order valence-electron chi connectivity index (χ1n) is 7.27. The molecule has 0 aromatic heterocycles. The zero-order valence-electron chi connectivity index (χ0n) is 11.7. The second kappa shape index (κ2) is 6.47. The van der Waals surface area contributed by atoms with Gasteiger partial charge in [-0.3, -0.25) is 0 Å². The Balaban J connectivity index is 1.88. The quantitative estimate of drug-likeness (QED) is 0.807. The molecule has 0 aliphatic heterocycles. The highest BCUT2D eigenvalue weighted by atomic mass is 14.9. The van der Waals surface area contributed by atoms with Gasteiger partial charge in [0.15, 0.2) is 0 Å². The van der Waals surface area contributed by atoms with Crippen molar-refractivity contribution in [2.45, 2.75) is 39.0 Å². The van der Waals surface area contributed by atoms with Gasteiger partial charge >= 0.3 is 0 Å². The van der Waals surface area contributed by atoms with E-state index in [1.807, 2.05) is 12.1 Å². The summed E-state index contributed by atoms with van der Waals surface area (Å²) in [5.41, 5.74) is 8.00. The van der Waals surface area contributed by atoms with Gasteiger partial charge in [-0.05, 0) is 36.8 Å². The van der Waals surface area contributed by atoms with Crippen LogP contribution in [0.15, 0.2) is 18.2 Å². The Morgan fingerprint density at radius 1 is 1.26 bits per heavy atom. The molecule has 0 saturated heterocycles. The van der Waals surface area contributed by atoms with Crippen LogP contribution in [0.25, 0.3) is 0 Å². The molecule has 1 aliphatic carbocycles. The van der Waals surface area contributed by atoms with Crippen LogP contribution in [0.1, 0.15) is 44.6 Å². The summed E-state index contributed by atoms with van der Waals surface area (Å²) >= 11 is 0. The molecule has 3 nitrogen and oxygen atoms in total. The molecule has 3 heteroatoms. The molecule has 0 atom stereocenters. The molecule has 0 unspecified atom stereocenters. The molecule has 2 rings (SSSR count). The molecule has 0 spiro atoms. The van der Waals surface area contributed by atoms with Gasteiger partial charge in [0.1, 0.15) is 6.07 Å². The lowest BCUT2D eigenvalue weighted by atomic mass is 9.81. The number of rotatable bonds is 4. The van der Waals surface area contributed by atoms with Crippen LogP contribution in [0.4, 0.5) is 11.4 Å². The first kappa shape index (κ1) is 13.7. The lowest BCUT2D eigenvalue weighted by molar-refractivity contribution is 0.278. The molecule has 1 fully saturated rings. The van der Waals surface area contributed by atoms with Crippen LogP contribution in [-0.4, -0.2) is 6.54 Å². The highest BCUT2D eigenvalue weighted by molar-refractivity contribution is 5.72. The predicted octanol–water partition coefficient (Wildman–Crippen LogP) is 3.77. The van der Waals surface area contributed by atoms with Crippen molar-refractivity contribution in [1.29, 1.82) is 5.26 Å². The van der Waals surface area contributed by atoms with E-state index in [1.165, 1.54) is 32.1 Å². The first-order chi connectivity index (χ1) is 9.24. The lowest BCUT2D eigenvalue weighted by Crippen LogP contribution is -2.21. The summed E-state index contributed by atoms with van der Waals surface area (Å²) in [6, 6.07) is 7.71. The third kappa shape index (κ3) is 3.41. The van der Waals surface area contributed by atoms with Crippen LogP contribution < -0.4 is 11.1 Å². The van der Waals surface area contributed by atoms with Crippen molar-refractivity contribution < 1.29 is 0 Å². The van der Waals surface area contributed by atoms with Crippen LogP contribution in [0.2, 0.25) is 0 Å². The normalized spacial score (nSPS) is 22.7. The highest BCUT2D eigenvalue weighted by Gasteiger charge is 2.19. The average Bonchev–Trinajstić information content (AvgIpc) is 2.47. The maximum atomic E-state index is 8.96. The van der Waals surface area contributed by atoms with Crippen molar-refractivity contribution in [2.75, 3.05) is 17.6 Å². The van der Waals surface area contributed by atoms with Crippen LogP contribution >= 0.6 is 0 Å². The van der Waals surface area contributed by atoms with Gasteiger partial charge in [-0.1, -0.05) is 32.3 Å². The molecule has 1 aromatic rings. The smallest absolute Gasteiger partial charge is 0.101 e. The molecule has 0 bridgehead atoms. The maximum absolute atomic E-state index is 8.96. The second-order valence-corrected chi connectivity index (χ2v) is 5.55. The number of nitriles is 1. The van der Waals surface area contributed by atoms with E-state index in [0.29, 0.717) is 11.3 Å². The molecule has 0 radical (unpaired) electrons. The topological polar surface area (TPSA) is 61.8 Å². The van der Waals surface area contributed by atoms with Gasteiger partial charge in [0.2, 0.25) is 0 Å². The number of anilines is 2. The summed E-state index contributed by atoms with van der Waals surface area (Å²) in [5.74, 6) is 1.68. The minimum atomic E-state index is 0.555. The van der Waals surface area contributed by atoms with Gasteiger partial charge in [-0.15, -0.1) is 0 Å². The summed E-state index contributed by atoms with van der Waals surface area (Å²) in [5, 5.41) is 12.4. The molecular weight excluding hydrogens is 234 g/mol. The number of hydrogen-bond acceptors (Lipinski definition) is 3. The van der Waals surface area contributed by atoms with E-state index in [9.17, 15) is 0 Å². The Labute approximate surface area is 115 Å². The van der Waals surface area contributed by atoms with E-state index in [-0.39, 0.29) is 0 Å². The minimum absolute atomic E-state index is 0.555. The molecule has 0 heterocycles. The van der Waals surface area contributed by atoms with Gasteiger partial charge in [0, 0.05) is 6.54 Å². The van der Waals surface area contributed by atoms with Crippen molar-refractivity contribution in [1.82, 2.24) is 0 Å². The van der Waals surface area contributed by atoms with Crippen molar-refractivity contribution in [2.24, 2.45) is 11.8 Å². The molecular formula is C16H23N3. The molecule has 0 amide bonds. The molecule has 102 valence electrons. The summed E-state index contributed by atoms with van der Waals surface area (Å²) in [6.07, 6.45) is 6.65. The summed E-state index contributed by atoms with van der Waals surface area (Å²) in [7, 11) is 0. The summed E-state index contributed by atoms with van der Waals surface area (Å²) < 4.78 is 0. The van der Waals surface area contributed by atoms with Gasteiger partial charge in [0.05, 0.1) is 16.9 Å². The zero-order chi connectivity index (χ0) is 13.7. The van der Waals surface area contributed by atoms with Crippen molar-refractivity contribution in [3.8, 4) is 6.07 Å². The largest absolute Gasteiger partial charge is 0.396 e. The number of nitrogen functional groups attached to an aromatic ring is 1. The summed E-state index contributed by atoms with van der Waals surface area (Å²) in [6.45, 7) is 3.26. The van der Waals surface area contributed by atoms with Crippen molar-refractivity contribution in [3.63, 3.8) is 0 Å². The molecule has 1 saturated carbocycles. The number of benzene rings is 1. The highest BCUT2D eigenvalue weighted by Crippen LogP contribution is 2.31. The van der Waals surface area contributed by atoms with Crippen molar-refractivity contribution >= 4 is 11.4 Å². The van der Waals surface area contributed by atoms with E-state index >= 15 is 0 Å². The van der Waals surface area contributed by atoms with E-state index < -0.39 is 0 Å². The second-order valence-electron chi connectivity index (χ2n) is 5.55. The van der Waals surface area contributed by atoms with Gasteiger partial charge in [-0.2, -0.15) is 5.26 Å². The Morgan fingerprint density at radius 2 is 1.95 bits per heavy atom. The van der Waals surface area contributed by atoms with Gasteiger partial charge in [-0.25, -0.2) is 0 Å². The van der Waals surface area contributed by atoms with E-state index in [2.05, 4.69) is 18.3 Å². The van der Waals surface area contributed by atoms with Gasteiger partial charge in [0.25, 0.3) is 0 Å². The Hall–Kier alpha value is -1.69. The number of nitrogens with one attached hydrogen (secondary N) is 1. The number of hydrogen-bond donors (Lipinski definition) is 2. The third-order valence-electron chi connectivity index (χ3n) is 4.35. The Kier molecular flexibility index (Phi) is 4.68. The van der Waals surface area contributed by atoms with Crippen LogP contribution in [0.3, 0.4) is 0 Å². The fourth-order valence-corrected chi connectivity index (χ4v) is 2.92. The van der Waals surface area contributed by atoms with E-state index in [1.54, 1.807) is 6.07 Å². The fraction of sp³-hybridized carbons (Fsp3) is 0.562. The Bertz CT molecular complexity index is 454. The number of nitrogens with zero attached hydrogens (tertiary/aromatic N) is 1. The minimum Gasteiger partial charge on any atom is -0.396 e. The standard InChI is InChI=1S/C16H23N3/c1-2-12-6-8-13(9-7-12)11-19-15-5-3-4-14(10-17)16(15)18/h3-5,12-13,19H,2,6-9,11,18H2,1H3. The predicted molar refractivity (Wildman–Crippen MR) is 79.8 cm³/mol. The lowest BCUT2D eigenvalue weighted by Gasteiger charge is -2.28. The molecule has 19 heavy (non-hydrogen) atoms. The summed E-state index contributed by atoms with van der Waals surface area (Å²) in [4.78, 5) is 0. The Morgan fingerprint density at radius 3 is 2.58 bits per heavy atom. The van der Waals surface area contributed by atoms with E-state index in [4.69, 9.17) is 11.0 Å². The maximum Gasteiger partial charge on any atom is 0.101 e. The fourth-order valence-electron chi connectivity index (χ4n) is 2.92. The average molecular weight is 257 g/mol. The molecule has 1 aliphatic rings. The van der Waals surface area contributed by atoms with Crippen LogP contribution in [0.5, 0.6) is 0 Å². The molecule has 1 aromatic carbocycles. The first-order valence-corrected chi connectivity index (χ1v) is 7.27. The number of para-hydroxylation sites is 1. The zero-order valence-corrected chi connectivity index (χ0v) is 11.7. The van der Waals surface area contributed by atoms with Crippen LogP contribution in [-0.2, 0) is 0 Å². The van der Waals surface area contributed by atoms with E-state index in [0.717, 1.165) is 24.1 Å². The van der Waals surface area contributed by atoms with Gasteiger partial charge < -0.3 is 11.1 Å². The SMILES string of the molecule is CCC1CCC(CNc2cccc(C#N)c2N)CC1. The third-order valence-corrected chi connectivity index (χ3v) is 4.35. The van der Waals surface area contributed by atoms with Crippen LogP contribution in [0, 0.1) is 23.2 Å². The molecule has 3 N–H and O–H groups in total.